The van der Waals surface area contributed by atoms with Gasteiger partial charge in [0, 0.05) is 19.4 Å². The zero-order chi connectivity index (χ0) is 38.1. The van der Waals surface area contributed by atoms with Crippen molar-refractivity contribution in [1.29, 1.82) is 0 Å². The highest BCUT2D eigenvalue weighted by molar-refractivity contribution is 5.90. The second kappa shape index (κ2) is 17.0. The molecule has 0 bridgehead atoms. The highest BCUT2D eigenvalue weighted by atomic mass is 16.6. The van der Waals surface area contributed by atoms with Crippen molar-refractivity contribution in [2.45, 2.75) is 90.1 Å². The molecule has 4 aromatic rings. The molecule has 4 amide bonds. The monoisotopic (exact) mass is 712 g/mol. The average Bonchev–Trinajstić information content (AvgIpc) is 3.05. The van der Waals surface area contributed by atoms with Crippen LogP contribution in [0, 0.1) is 0 Å². The molecule has 0 saturated heterocycles. The van der Waals surface area contributed by atoms with E-state index in [0.29, 0.717) is 0 Å². The fourth-order valence-electron chi connectivity index (χ4n) is 5.51. The van der Waals surface area contributed by atoms with Crippen LogP contribution in [0.2, 0.25) is 0 Å². The highest BCUT2D eigenvalue weighted by Crippen LogP contribution is 2.19. The standard InChI is InChI=1S/C40H48N4O8/c1-39(2,3)51-37(49)43-32(23-25-15-17-27-11-7-9-13-29(27)21-25)34(45)41-20-19-31(36(47)48)42-35(46)33(44-38(50)52-40(4,5)6)24-26-16-18-28-12-8-10-14-30(28)22-26/h7-18,21-22,31-33H,19-20,23-24H2,1-6H3,(H,41,45)(H,42,46)(H,43,49)(H,44,50)(H,47,48)/t31?,32-,33-/m0/s1. The van der Waals surface area contributed by atoms with Crippen LogP contribution in [0.4, 0.5) is 9.59 Å². The van der Waals surface area contributed by atoms with E-state index in [1.54, 1.807) is 41.5 Å². The zero-order valence-corrected chi connectivity index (χ0v) is 30.4. The lowest BCUT2D eigenvalue weighted by atomic mass is 10.0. The molecule has 0 aliphatic heterocycles. The molecule has 0 heterocycles. The first-order valence-corrected chi connectivity index (χ1v) is 17.2. The SMILES string of the molecule is CC(C)(C)OC(=O)N[C@@H](Cc1ccc2ccccc2c1)C(=O)NCCC(NC(=O)[C@H](Cc1ccc2ccccc2c1)NC(=O)OC(C)(C)C)C(=O)O. The average molecular weight is 713 g/mol. The number of benzene rings is 4. The Morgan fingerprint density at radius 2 is 1.00 bits per heavy atom. The third-order valence-electron chi connectivity index (χ3n) is 7.87. The summed E-state index contributed by atoms with van der Waals surface area (Å²) in [6, 6.07) is 23.2. The van der Waals surface area contributed by atoms with Gasteiger partial charge in [0.05, 0.1) is 0 Å². The number of rotatable bonds is 13. The lowest BCUT2D eigenvalue weighted by Gasteiger charge is -2.25. The summed E-state index contributed by atoms with van der Waals surface area (Å²) in [5.74, 6) is -2.63. The molecule has 0 saturated carbocycles. The molecule has 3 atom stereocenters. The number of fused-ring (bicyclic) bond motifs is 2. The predicted molar refractivity (Wildman–Crippen MR) is 199 cm³/mol. The molecule has 52 heavy (non-hydrogen) atoms. The van der Waals surface area contributed by atoms with Crippen LogP contribution in [0.5, 0.6) is 0 Å². The van der Waals surface area contributed by atoms with Crippen LogP contribution in [0.3, 0.4) is 0 Å². The number of carboxylic acids is 1. The van der Waals surface area contributed by atoms with E-state index in [2.05, 4.69) is 21.3 Å². The summed E-state index contributed by atoms with van der Waals surface area (Å²) >= 11 is 0. The van der Waals surface area contributed by atoms with Gasteiger partial charge in [0.25, 0.3) is 0 Å². The molecule has 0 radical (unpaired) electrons. The van der Waals surface area contributed by atoms with Gasteiger partial charge in [0.15, 0.2) is 0 Å². The lowest BCUT2D eigenvalue weighted by Crippen LogP contribution is -2.54. The van der Waals surface area contributed by atoms with Crippen molar-refractivity contribution in [3.05, 3.63) is 96.1 Å². The Morgan fingerprint density at radius 1 is 0.577 bits per heavy atom. The van der Waals surface area contributed by atoms with E-state index < -0.39 is 59.3 Å². The van der Waals surface area contributed by atoms with Crippen molar-refractivity contribution in [3.63, 3.8) is 0 Å². The third-order valence-corrected chi connectivity index (χ3v) is 7.87. The number of ether oxygens (including phenoxy) is 2. The van der Waals surface area contributed by atoms with Crippen LogP contribution in [0.25, 0.3) is 21.5 Å². The first-order chi connectivity index (χ1) is 24.5. The molecular formula is C40H48N4O8. The summed E-state index contributed by atoms with van der Waals surface area (Å²) in [6.07, 6.45) is -1.59. The molecule has 0 fully saturated rings. The fraction of sp³-hybridized carbons (Fsp3) is 0.375. The summed E-state index contributed by atoms with van der Waals surface area (Å²) < 4.78 is 10.8. The Morgan fingerprint density at radius 3 is 1.42 bits per heavy atom. The predicted octanol–water partition coefficient (Wildman–Crippen LogP) is 5.64. The van der Waals surface area contributed by atoms with E-state index in [1.165, 1.54) is 0 Å². The minimum atomic E-state index is -1.41. The van der Waals surface area contributed by atoms with E-state index in [1.807, 2.05) is 84.9 Å². The Hall–Kier alpha value is -5.65. The molecule has 276 valence electrons. The highest BCUT2D eigenvalue weighted by Gasteiger charge is 2.30. The topological polar surface area (TPSA) is 172 Å². The second-order valence-corrected chi connectivity index (χ2v) is 14.6. The normalized spacial score (nSPS) is 13.3. The Balaban J connectivity index is 1.45. The van der Waals surface area contributed by atoms with Gasteiger partial charge in [-0.15, -0.1) is 0 Å². The van der Waals surface area contributed by atoms with E-state index in [4.69, 9.17) is 9.47 Å². The van der Waals surface area contributed by atoms with E-state index in [0.717, 1.165) is 32.7 Å². The molecule has 4 aromatic carbocycles. The van der Waals surface area contributed by atoms with Gasteiger partial charge in [-0.25, -0.2) is 14.4 Å². The lowest BCUT2D eigenvalue weighted by molar-refractivity contribution is -0.142. The number of carbonyl (C=O) groups excluding carboxylic acids is 4. The van der Waals surface area contributed by atoms with Crippen LogP contribution in [-0.4, -0.2) is 70.9 Å². The van der Waals surface area contributed by atoms with Crippen molar-refractivity contribution in [2.24, 2.45) is 0 Å². The molecular weight excluding hydrogens is 664 g/mol. The molecule has 0 aliphatic carbocycles. The van der Waals surface area contributed by atoms with Crippen LogP contribution in [0.15, 0.2) is 84.9 Å². The second-order valence-electron chi connectivity index (χ2n) is 14.6. The number of hydrogen-bond acceptors (Lipinski definition) is 7. The summed E-state index contributed by atoms with van der Waals surface area (Å²) in [6.45, 7) is 10.1. The molecule has 0 spiro atoms. The summed E-state index contributed by atoms with van der Waals surface area (Å²) in [5, 5.41) is 24.4. The molecule has 0 aliphatic rings. The van der Waals surface area contributed by atoms with Gasteiger partial charge in [0.1, 0.15) is 29.3 Å². The van der Waals surface area contributed by atoms with Crippen molar-refractivity contribution < 1.29 is 38.6 Å². The van der Waals surface area contributed by atoms with Crippen molar-refractivity contribution in [3.8, 4) is 0 Å². The van der Waals surface area contributed by atoms with Gasteiger partial charge < -0.3 is 35.8 Å². The van der Waals surface area contributed by atoms with Crippen molar-refractivity contribution in [2.75, 3.05) is 6.54 Å². The van der Waals surface area contributed by atoms with Crippen LogP contribution in [0.1, 0.15) is 59.1 Å². The molecule has 4 rings (SSSR count). The van der Waals surface area contributed by atoms with Gasteiger partial charge in [-0.05, 0) is 80.6 Å². The Kier molecular flexibility index (Phi) is 12.8. The molecule has 12 heteroatoms. The maximum absolute atomic E-state index is 13.6. The number of hydrogen-bond donors (Lipinski definition) is 5. The molecule has 1 unspecified atom stereocenters. The summed E-state index contributed by atoms with van der Waals surface area (Å²) in [4.78, 5) is 64.8. The van der Waals surface area contributed by atoms with Crippen LogP contribution in [-0.2, 0) is 36.7 Å². The van der Waals surface area contributed by atoms with Crippen molar-refractivity contribution >= 4 is 51.5 Å². The zero-order valence-electron chi connectivity index (χ0n) is 30.4. The number of carbonyl (C=O) groups is 5. The summed E-state index contributed by atoms with van der Waals surface area (Å²) in [5.41, 5.74) is -0.101. The first-order valence-electron chi connectivity index (χ1n) is 17.2. The van der Waals surface area contributed by atoms with Crippen molar-refractivity contribution in [1.82, 2.24) is 21.3 Å². The van der Waals surface area contributed by atoms with Crippen LogP contribution < -0.4 is 21.3 Å². The van der Waals surface area contributed by atoms with E-state index in [9.17, 15) is 29.1 Å². The molecule has 12 nitrogen and oxygen atoms in total. The van der Waals surface area contributed by atoms with Crippen LogP contribution >= 0.6 is 0 Å². The fourth-order valence-corrected chi connectivity index (χ4v) is 5.51. The third kappa shape index (κ3) is 12.3. The van der Waals surface area contributed by atoms with Gasteiger partial charge in [-0.3, -0.25) is 9.59 Å². The first kappa shape index (κ1) is 39.1. The maximum Gasteiger partial charge on any atom is 0.408 e. The largest absolute Gasteiger partial charge is 0.480 e. The number of aliphatic carboxylic acids is 1. The number of amides is 4. The van der Waals surface area contributed by atoms with Gasteiger partial charge >= 0.3 is 18.2 Å². The number of alkyl carbamates (subject to hydrolysis) is 2. The minimum absolute atomic E-state index is 0.0613. The number of carboxylic acid groups (broad SMARTS) is 1. The Bertz CT molecular complexity index is 1910. The minimum Gasteiger partial charge on any atom is -0.480 e. The maximum atomic E-state index is 13.6. The van der Waals surface area contributed by atoms with Gasteiger partial charge in [-0.2, -0.15) is 0 Å². The molecule has 5 N–H and O–H groups in total. The number of nitrogens with one attached hydrogen (secondary N) is 4. The van der Waals surface area contributed by atoms with Gasteiger partial charge in [0.2, 0.25) is 11.8 Å². The summed E-state index contributed by atoms with van der Waals surface area (Å²) in [7, 11) is 0. The molecule has 0 aromatic heterocycles. The van der Waals surface area contributed by atoms with E-state index in [-0.39, 0.29) is 25.8 Å². The smallest absolute Gasteiger partial charge is 0.408 e. The van der Waals surface area contributed by atoms with Gasteiger partial charge in [-0.1, -0.05) is 84.9 Å². The Labute approximate surface area is 303 Å². The van der Waals surface area contributed by atoms with E-state index >= 15 is 0 Å². The quantitative estimate of drug-likeness (QED) is 0.119.